The highest BCUT2D eigenvalue weighted by molar-refractivity contribution is 6.30. The average Bonchev–Trinajstić information content (AvgIpc) is 2.66. The minimum atomic E-state index is -0.157. The lowest BCUT2D eigenvalue weighted by Gasteiger charge is -2.19. The second-order valence-electron chi connectivity index (χ2n) is 6.89. The fourth-order valence-corrected chi connectivity index (χ4v) is 3.23. The Balaban J connectivity index is 1.76. The normalized spacial score (nSPS) is 11.8. The topological polar surface area (TPSA) is 86.9 Å². The number of carbonyl (C=O) groups excluding carboxylic acids is 1. The van der Waals surface area contributed by atoms with Crippen molar-refractivity contribution in [1.82, 2.24) is 15.3 Å². The fraction of sp³-hybridized carbons (Fsp3) is 0.227. The van der Waals surface area contributed by atoms with Crippen molar-refractivity contribution in [3.05, 3.63) is 92.6 Å². The summed E-state index contributed by atoms with van der Waals surface area (Å²) >= 11 is 6.03. The number of carbonyl (C=O) groups is 1. The number of hydrogen-bond acceptors (Lipinski definition) is 4. The summed E-state index contributed by atoms with van der Waals surface area (Å²) in [6, 6.07) is 16.8. The lowest BCUT2D eigenvalue weighted by Crippen LogP contribution is -2.24. The number of halogens is 1. The molecule has 3 aromatic rings. The summed E-state index contributed by atoms with van der Waals surface area (Å²) in [6.07, 6.45) is 0.566. The zero-order valence-electron chi connectivity index (χ0n) is 16.3. The first kappa shape index (κ1) is 20.8. The van der Waals surface area contributed by atoms with Crippen LogP contribution in [-0.2, 0) is 17.8 Å². The van der Waals surface area contributed by atoms with Crippen LogP contribution < -0.4 is 16.2 Å². The number of H-pyrrole nitrogens is 1. The summed E-state index contributed by atoms with van der Waals surface area (Å²) in [4.78, 5) is 30.1. The Labute approximate surface area is 174 Å². The second-order valence-corrected chi connectivity index (χ2v) is 7.33. The molecule has 1 unspecified atom stereocenters. The molecule has 0 saturated carbocycles. The van der Waals surface area contributed by atoms with Gasteiger partial charge in [0.15, 0.2) is 0 Å². The van der Waals surface area contributed by atoms with Gasteiger partial charge in [-0.1, -0.05) is 35.9 Å². The van der Waals surface area contributed by atoms with Gasteiger partial charge in [-0.15, -0.1) is 0 Å². The highest BCUT2D eigenvalue weighted by Gasteiger charge is 2.14. The van der Waals surface area contributed by atoms with Crippen molar-refractivity contribution in [2.45, 2.75) is 32.9 Å². The van der Waals surface area contributed by atoms with Crippen LogP contribution in [0.25, 0.3) is 0 Å². The van der Waals surface area contributed by atoms with Gasteiger partial charge in [0.25, 0.3) is 5.56 Å². The molecular weight excluding hydrogens is 388 g/mol. The van der Waals surface area contributed by atoms with E-state index in [0.717, 1.165) is 22.5 Å². The van der Waals surface area contributed by atoms with Crippen molar-refractivity contribution < 1.29 is 4.79 Å². The second kappa shape index (κ2) is 9.49. The smallest absolute Gasteiger partial charge is 0.251 e. The Kier molecular flexibility index (Phi) is 6.80. The quantitative estimate of drug-likeness (QED) is 0.553. The third kappa shape index (κ3) is 6.27. The molecule has 0 fully saturated rings. The summed E-state index contributed by atoms with van der Waals surface area (Å²) in [5, 5.41) is 6.97. The lowest BCUT2D eigenvalue weighted by atomic mass is 10.0. The van der Waals surface area contributed by atoms with Crippen molar-refractivity contribution >= 4 is 23.2 Å². The number of hydrogen-bond donors (Lipinski definition) is 3. The maximum atomic E-state index is 11.8. The van der Waals surface area contributed by atoms with Crippen molar-refractivity contribution in [3.8, 4) is 0 Å². The molecule has 0 radical (unpaired) electrons. The van der Waals surface area contributed by atoms with Crippen LogP contribution in [0.5, 0.6) is 0 Å². The maximum absolute atomic E-state index is 11.8. The van der Waals surface area contributed by atoms with Crippen LogP contribution in [0.2, 0.25) is 5.02 Å². The van der Waals surface area contributed by atoms with E-state index in [1.54, 1.807) is 6.92 Å². The number of nitrogens with zero attached hydrogens (tertiary/aromatic N) is 1. The summed E-state index contributed by atoms with van der Waals surface area (Å²) in [6.45, 7) is 3.87. The summed E-state index contributed by atoms with van der Waals surface area (Å²) < 4.78 is 0. The van der Waals surface area contributed by atoms with Crippen molar-refractivity contribution in [3.63, 3.8) is 0 Å². The number of rotatable bonds is 7. The molecule has 1 heterocycles. The van der Waals surface area contributed by atoms with Gasteiger partial charge in [0.2, 0.25) is 5.91 Å². The molecule has 0 spiro atoms. The lowest BCUT2D eigenvalue weighted by molar-refractivity contribution is -0.114. The first-order valence-corrected chi connectivity index (χ1v) is 9.69. The molecule has 150 valence electrons. The van der Waals surface area contributed by atoms with Gasteiger partial charge in [0.1, 0.15) is 5.82 Å². The molecule has 0 bridgehead atoms. The number of aromatic amines is 1. The molecule has 1 amide bonds. The van der Waals surface area contributed by atoms with Crippen LogP contribution in [0.1, 0.15) is 35.6 Å². The van der Waals surface area contributed by atoms with E-state index in [1.165, 1.54) is 13.0 Å². The molecule has 6 nitrogen and oxygen atoms in total. The van der Waals surface area contributed by atoms with Crippen LogP contribution in [0.3, 0.4) is 0 Å². The third-order valence-electron chi connectivity index (χ3n) is 4.43. The summed E-state index contributed by atoms with van der Waals surface area (Å²) in [7, 11) is 0. The van der Waals surface area contributed by atoms with Gasteiger partial charge < -0.3 is 15.6 Å². The molecule has 0 aliphatic rings. The van der Waals surface area contributed by atoms with E-state index in [1.807, 2.05) is 48.5 Å². The van der Waals surface area contributed by atoms with E-state index < -0.39 is 0 Å². The SMILES string of the molecule is CC(=O)Nc1ccc(CNC(Cc2cc(=O)[nH]c(C)n2)c2ccc(Cl)cc2)cc1. The summed E-state index contributed by atoms with van der Waals surface area (Å²) in [5.74, 6) is 0.496. The first-order chi connectivity index (χ1) is 13.9. The number of aromatic nitrogens is 2. The average molecular weight is 411 g/mol. The molecular formula is C22H23ClN4O2. The molecule has 1 atom stereocenters. The van der Waals surface area contributed by atoms with Gasteiger partial charge in [-0.25, -0.2) is 4.98 Å². The Morgan fingerprint density at radius 3 is 2.45 bits per heavy atom. The Bertz CT molecular complexity index is 1030. The van der Waals surface area contributed by atoms with E-state index in [-0.39, 0.29) is 17.5 Å². The van der Waals surface area contributed by atoms with Crippen LogP contribution >= 0.6 is 11.6 Å². The summed E-state index contributed by atoms with van der Waals surface area (Å²) in [5.41, 5.74) is 3.46. The van der Waals surface area contributed by atoms with Crippen molar-refractivity contribution in [1.29, 1.82) is 0 Å². The van der Waals surface area contributed by atoms with Gasteiger partial charge in [-0.05, 0) is 42.3 Å². The Hall–Kier alpha value is -2.96. The van der Waals surface area contributed by atoms with E-state index in [4.69, 9.17) is 11.6 Å². The van der Waals surface area contributed by atoms with E-state index in [2.05, 4.69) is 20.6 Å². The molecule has 0 saturated heterocycles. The largest absolute Gasteiger partial charge is 0.326 e. The molecule has 3 rings (SSSR count). The number of amides is 1. The highest BCUT2D eigenvalue weighted by atomic mass is 35.5. The van der Waals surface area contributed by atoms with Gasteiger partial charge in [-0.2, -0.15) is 0 Å². The molecule has 3 N–H and O–H groups in total. The van der Waals surface area contributed by atoms with Gasteiger partial charge in [0.05, 0.1) is 0 Å². The number of nitrogens with one attached hydrogen (secondary N) is 3. The maximum Gasteiger partial charge on any atom is 0.251 e. The van der Waals surface area contributed by atoms with Crippen LogP contribution in [0, 0.1) is 6.92 Å². The van der Waals surface area contributed by atoms with E-state index in [0.29, 0.717) is 23.8 Å². The van der Waals surface area contributed by atoms with Crippen molar-refractivity contribution in [2.24, 2.45) is 0 Å². The molecule has 1 aromatic heterocycles. The number of aryl methyl sites for hydroxylation is 1. The monoisotopic (exact) mass is 410 g/mol. The van der Waals surface area contributed by atoms with Crippen molar-refractivity contribution in [2.75, 3.05) is 5.32 Å². The minimum Gasteiger partial charge on any atom is -0.326 e. The highest BCUT2D eigenvalue weighted by Crippen LogP contribution is 2.21. The minimum absolute atomic E-state index is 0.0454. The zero-order valence-corrected chi connectivity index (χ0v) is 17.1. The van der Waals surface area contributed by atoms with Crippen LogP contribution in [0.4, 0.5) is 5.69 Å². The molecule has 7 heteroatoms. The molecule has 0 aliphatic carbocycles. The molecule has 0 aliphatic heterocycles. The first-order valence-electron chi connectivity index (χ1n) is 9.31. The number of benzene rings is 2. The standard InChI is InChI=1S/C22H23ClN4O2/c1-14-25-20(12-22(29)26-14)11-21(17-5-7-18(23)8-6-17)24-13-16-3-9-19(10-4-16)27-15(2)28/h3-10,12,21,24H,11,13H2,1-2H3,(H,27,28)(H,25,26,29). The predicted octanol–water partition coefficient (Wildman–Crippen LogP) is 3.76. The zero-order chi connectivity index (χ0) is 20.8. The van der Waals surface area contributed by atoms with Gasteiger partial charge >= 0.3 is 0 Å². The Morgan fingerprint density at radius 2 is 1.83 bits per heavy atom. The number of anilines is 1. The predicted molar refractivity (Wildman–Crippen MR) is 115 cm³/mol. The van der Waals surface area contributed by atoms with Gasteiger partial charge in [-0.3, -0.25) is 9.59 Å². The van der Waals surface area contributed by atoms with Crippen LogP contribution in [0.15, 0.2) is 59.4 Å². The fourth-order valence-electron chi connectivity index (χ4n) is 3.11. The molecule has 29 heavy (non-hydrogen) atoms. The third-order valence-corrected chi connectivity index (χ3v) is 4.68. The van der Waals surface area contributed by atoms with Crippen LogP contribution in [-0.4, -0.2) is 15.9 Å². The van der Waals surface area contributed by atoms with Gasteiger partial charge in [0, 0.05) is 48.4 Å². The molecule has 2 aromatic carbocycles. The Morgan fingerprint density at radius 1 is 1.14 bits per heavy atom. The van der Waals surface area contributed by atoms with E-state index >= 15 is 0 Å². The van der Waals surface area contributed by atoms with E-state index in [9.17, 15) is 9.59 Å².